The van der Waals surface area contributed by atoms with Crippen molar-refractivity contribution in [1.29, 1.82) is 0 Å². The first kappa shape index (κ1) is 15.7. The van der Waals surface area contributed by atoms with E-state index in [1.54, 1.807) is 6.07 Å². The van der Waals surface area contributed by atoms with E-state index in [-0.39, 0.29) is 5.91 Å². The lowest BCUT2D eigenvalue weighted by Crippen LogP contribution is -2.33. The number of carbonyl (C=O) groups excluding carboxylic acids is 1. The molecule has 0 aliphatic heterocycles. The molecule has 0 aliphatic rings. The summed E-state index contributed by atoms with van der Waals surface area (Å²) in [6, 6.07) is 11.7. The lowest BCUT2D eigenvalue weighted by atomic mass is 9.99. The standard InChI is InChI=1S/C16H18N2OS2/c1-3-11(2)12-6-8-13(9-7-12)17-16(20)18-15(19)14-5-4-10-21-14/h4-11H,3H2,1-2H3,(H2,17,18,19,20)/t11-/m1/s1. The second kappa shape index (κ2) is 7.33. The SMILES string of the molecule is CC[C@@H](C)c1ccc(NC(=S)NC(=O)c2cccs2)cc1. The Morgan fingerprint density at radius 1 is 1.29 bits per heavy atom. The van der Waals surface area contributed by atoms with Crippen LogP contribution in [0, 0.1) is 0 Å². The minimum Gasteiger partial charge on any atom is -0.332 e. The van der Waals surface area contributed by atoms with Crippen molar-refractivity contribution in [1.82, 2.24) is 5.32 Å². The molecule has 0 saturated carbocycles. The molecule has 5 heteroatoms. The summed E-state index contributed by atoms with van der Waals surface area (Å²) in [5.41, 5.74) is 2.18. The lowest BCUT2D eigenvalue weighted by molar-refractivity contribution is 0.0981. The fourth-order valence-corrected chi connectivity index (χ4v) is 2.70. The van der Waals surface area contributed by atoms with Gasteiger partial charge in [0.25, 0.3) is 5.91 Å². The van der Waals surface area contributed by atoms with Gasteiger partial charge in [-0.3, -0.25) is 10.1 Å². The molecule has 0 aliphatic carbocycles. The number of carbonyl (C=O) groups is 1. The molecule has 0 saturated heterocycles. The molecular weight excluding hydrogens is 300 g/mol. The summed E-state index contributed by atoms with van der Waals surface area (Å²) in [5, 5.41) is 7.86. The summed E-state index contributed by atoms with van der Waals surface area (Å²) >= 11 is 6.54. The second-order valence-corrected chi connectivity index (χ2v) is 6.17. The number of thiocarbonyl (C=S) groups is 1. The summed E-state index contributed by atoms with van der Waals surface area (Å²) < 4.78 is 0. The zero-order chi connectivity index (χ0) is 15.2. The smallest absolute Gasteiger partial charge is 0.267 e. The van der Waals surface area contributed by atoms with Crippen LogP contribution in [0.15, 0.2) is 41.8 Å². The zero-order valence-electron chi connectivity index (χ0n) is 12.1. The van der Waals surface area contributed by atoms with Crippen LogP contribution in [0.3, 0.4) is 0 Å². The Morgan fingerprint density at radius 2 is 2.00 bits per heavy atom. The molecule has 21 heavy (non-hydrogen) atoms. The molecule has 110 valence electrons. The van der Waals surface area contributed by atoms with Crippen LogP contribution >= 0.6 is 23.6 Å². The van der Waals surface area contributed by atoms with E-state index in [1.807, 2.05) is 23.6 Å². The maximum atomic E-state index is 11.9. The molecule has 1 amide bonds. The average Bonchev–Trinajstić information content (AvgIpc) is 3.01. The van der Waals surface area contributed by atoms with Crippen molar-refractivity contribution in [2.24, 2.45) is 0 Å². The quantitative estimate of drug-likeness (QED) is 0.822. The van der Waals surface area contributed by atoms with E-state index in [4.69, 9.17) is 12.2 Å². The van der Waals surface area contributed by atoms with Gasteiger partial charge in [0, 0.05) is 5.69 Å². The number of thiophene rings is 1. The largest absolute Gasteiger partial charge is 0.332 e. The Bertz CT molecular complexity index is 606. The molecule has 3 nitrogen and oxygen atoms in total. The minimum absolute atomic E-state index is 0.182. The number of amides is 1. The molecule has 0 unspecified atom stereocenters. The van der Waals surface area contributed by atoms with Crippen molar-refractivity contribution in [3.8, 4) is 0 Å². The molecule has 0 fully saturated rings. The molecule has 1 heterocycles. The monoisotopic (exact) mass is 318 g/mol. The van der Waals surface area contributed by atoms with Crippen LogP contribution in [-0.2, 0) is 0 Å². The molecule has 0 bridgehead atoms. The van der Waals surface area contributed by atoms with Gasteiger partial charge in [0.15, 0.2) is 5.11 Å². The lowest BCUT2D eigenvalue weighted by Gasteiger charge is -2.12. The number of nitrogens with one attached hydrogen (secondary N) is 2. The fourth-order valence-electron chi connectivity index (χ4n) is 1.87. The van der Waals surface area contributed by atoms with Crippen LogP contribution < -0.4 is 10.6 Å². The highest BCUT2D eigenvalue weighted by Crippen LogP contribution is 2.20. The van der Waals surface area contributed by atoms with Gasteiger partial charge >= 0.3 is 0 Å². The Morgan fingerprint density at radius 3 is 2.57 bits per heavy atom. The normalized spacial score (nSPS) is 11.7. The van der Waals surface area contributed by atoms with E-state index in [9.17, 15) is 4.79 Å². The van der Waals surface area contributed by atoms with Crippen molar-refractivity contribution >= 4 is 40.3 Å². The van der Waals surface area contributed by atoms with Gasteiger partial charge in [-0.25, -0.2) is 0 Å². The molecule has 1 atom stereocenters. The molecule has 0 radical (unpaired) electrons. The van der Waals surface area contributed by atoms with Gasteiger partial charge < -0.3 is 5.32 Å². The van der Waals surface area contributed by atoms with Crippen molar-refractivity contribution in [2.75, 3.05) is 5.32 Å². The second-order valence-electron chi connectivity index (χ2n) is 4.82. The van der Waals surface area contributed by atoms with Crippen molar-refractivity contribution in [3.05, 3.63) is 52.2 Å². The van der Waals surface area contributed by atoms with Crippen LogP contribution in [0.5, 0.6) is 0 Å². The van der Waals surface area contributed by atoms with Gasteiger partial charge in [-0.15, -0.1) is 11.3 Å². The molecule has 1 aromatic carbocycles. The number of anilines is 1. The number of hydrogen-bond acceptors (Lipinski definition) is 3. The van der Waals surface area contributed by atoms with Crippen LogP contribution in [0.1, 0.15) is 41.4 Å². The highest BCUT2D eigenvalue weighted by molar-refractivity contribution is 7.80. The third-order valence-corrected chi connectivity index (χ3v) is 4.39. The van der Waals surface area contributed by atoms with E-state index >= 15 is 0 Å². The summed E-state index contributed by atoms with van der Waals surface area (Å²) in [4.78, 5) is 12.5. The highest BCUT2D eigenvalue weighted by atomic mass is 32.1. The van der Waals surface area contributed by atoms with Crippen molar-refractivity contribution in [3.63, 3.8) is 0 Å². The van der Waals surface area contributed by atoms with Crippen LogP contribution in [-0.4, -0.2) is 11.0 Å². The third kappa shape index (κ3) is 4.37. The maximum absolute atomic E-state index is 11.9. The first-order valence-corrected chi connectivity index (χ1v) is 8.14. The molecule has 0 spiro atoms. The number of hydrogen-bond donors (Lipinski definition) is 2. The predicted octanol–water partition coefficient (Wildman–Crippen LogP) is 4.39. The Kier molecular flexibility index (Phi) is 5.47. The number of rotatable bonds is 4. The summed E-state index contributed by atoms with van der Waals surface area (Å²) in [6.07, 6.45) is 1.11. The predicted molar refractivity (Wildman–Crippen MR) is 93.2 cm³/mol. The van der Waals surface area contributed by atoms with E-state index in [2.05, 4.69) is 36.6 Å². The maximum Gasteiger partial charge on any atom is 0.267 e. The summed E-state index contributed by atoms with van der Waals surface area (Å²) in [5.74, 6) is 0.364. The Labute approximate surface area is 134 Å². The van der Waals surface area contributed by atoms with Gasteiger partial charge in [0.2, 0.25) is 0 Å². The molecule has 2 rings (SSSR count). The van der Waals surface area contributed by atoms with Gasteiger partial charge in [-0.2, -0.15) is 0 Å². The van der Waals surface area contributed by atoms with Crippen LogP contribution in [0.2, 0.25) is 0 Å². The summed E-state index contributed by atoms with van der Waals surface area (Å²) in [7, 11) is 0. The first-order chi connectivity index (χ1) is 10.1. The van der Waals surface area contributed by atoms with E-state index in [0.717, 1.165) is 12.1 Å². The van der Waals surface area contributed by atoms with Crippen LogP contribution in [0.4, 0.5) is 5.69 Å². The molecular formula is C16H18N2OS2. The fraction of sp³-hybridized carbons (Fsp3) is 0.250. The van der Waals surface area contributed by atoms with Gasteiger partial charge in [0.1, 0.15) is 0 Å². The molecule has 2 N–H and O–H groups in total. The number of benzene rings is 1. The highest BCUT2D eigenvalue weighted by Gasteiger charge is 2.09. The van der Waals surface area contributed by atoms with Gasteiger partial charge in [0.05, 0.1) is 4.88 Å². The van der Waals surface area contributed by atoms with E-state index in [0.29, 0.717) is 15.9 Å². The topological polar surface area (TPSA) is 41.1 Å². The zero-order valence-corrected chi connectivity index (χ0v) is 13.7. The Balaban J connectivity index is 1.92. The first-order valence-electron chi connectivity index (χ1n) is 6.86. The van der Waals surface area contributed by atoms with Crippen molar-refractivity contribution < 1.29 is 4.79 Å². The Hall–Kier alpha value is -1.72. The third-order valence-electron chi connectivity index (χ3n) is 3.32. The molecule has 2 aromatic rings. The van der Waals surface area contributed by atoms with E-state index in [1.165, 1.54) is 16.9 Å². The van der Waals surface area contributed by atoms with Crippen LogP contribution in [0.25, 0.3) is 0 Å². The summed E-state index contributed by atoms with van der Waals surface area (Å²) in [6.45, 7) is 4.38. The average molecular weight is 318 g/mol. The molecule has 1 aromatic heterocycles. The minimum atomic E-state index is -0.182. The van der Waals surface area contributed by atoms with Gasteiger partial charge in [-0.1, -0.05) is 32.0 Å². The van der Waals surface area contributed by atoms with Gasteiger partial charge in [-0.05, 0) is 53.7 Å². The van der Waals surface area contributed by atoms with Crippen molar-refractivity contribution in [2.45, 2.75) is 26.2 Å². The van der Waals surface area contributed by atoms with E-state index < -0.39 is 0 Å².